The minimum Gasteiger partial charge on any atom is -0.314 e. The molecular formula is C5H12N2. The van der Waals surface area contributed by atoms with Crippen LogP contribution in [0.4, 0.5) is 0 Å². The summed E-state index contributed by atoms with van der Waals surface area (Å²) in [7, 11) is 1.58. The first kappa shape index (κ1) is 2.03. The molecule has 1 N–H and O–H groups in total. The Hall–Kier alpha value is -0.0800. The summed E-state index contributed by atoms with van der Waals surface area (Å²) in [6, 6.07) is 0. The van der Waals surface area contributed by atoms with Gasteiger partial charge in [-0.2, -0.15) is 0 Å². The van der Waals surface area contributed by atoms with Crippen LogP contribution in [0.25, 0.3) is 0 Å². The third-order valence-electron chi connectivity index (χ3n) is 0.907. The lowest BCUT2D eigenvalue weighted by Gasteiger charge is -2.21. The lowest BCUT2D eigenvalue weighted by molar-refractivity contribution is 0.291. The van der Waals surface area contributed by atoms with E-state index in [2.05, 4.69) is 5.32 Å². The average Bonchev–Trinajstić information content (AvgIpc) is 1.84. The van der Waals surface area contributed by atoms with Gasteiger partial charge in [-0.05, 0) is 7.05 Å². The van der Waals surface area contributed by atoms with Crippen molar-refractivity contribution < 1.29 is 5.48 Å². The van der Waals surface area contributed by atoms with Crippen molar-refractivity contribution in [2.24, 2.45) is 0 Å². The molecule has 1 heterocycles. The molecule has 2 heteroatoms. The van der Waals surface area contributed by atoms with Gasteiger partial charge in [-0.25, -0.2) is 0 Å². The smallest absolute Gasteiger partial charge is 0.0444 e. The first-order chi connectivity index (χ1) is 4.88. The molecule has 0 amide bonds. The van der Waals surface area contributed by atoms with Crippen molar-refractivity contribution in [1.82, 2.24) is 10.2 Å². The number of likely N-dealkylation sites (N-methyl/N-ethyl adjacent to an activating group) is 1. The summed E-state index contributed by atoms with van der Waals surface area (Å²) >= 11 is 0. The Bertz CT molecular complexity index is 159. The largest absolute Gasteiger partial charge is 0.314 e. The second kappa shape index (κ2) is 2.28. The first-order valence-electron chi connectivity index (χ1n) is 4.34. The quantitative estimate of drug-likeness (QED) is 0.446. The topological polar surface area (TPSA) is 15.3 Å². The van der Waals surface area contributed by atoms with Gasteiger partial charge in [0.2, 0.25) is 0 Å². The molecule has 2 nitrogen and oxygen atoms in total. The predicted molar refractivity (Wildman–Crippen MR) is 30.4 cm³/mol. The zero-order chi connectivity index (χ0) is 8.70. The highest BCUT2D eigenvalue weighted by Crippen LogP contribution is 1.82. The second-order valence-electron chi connectivity index (χ2n) is 1.59. The van der Waals surface area contributed by atoms with Crippen LogP contribution in [-0.4, -0.2) is 38.0 Å². The third-order valence-corrected chi connectivity index (χ3v) is 0.907. The highest BCUT2D eigenvalue weighted by molar-refractivity contribution is 4.62. The van der Waals surface area contributed by atoms with Crippen molar-refractivity contribution in [2.75, 3.05) is 33.1 Å². The van der Waals surface area contributed by atoms with Crippen molar-refractivity contribution in [2.45, 2.75) is 0 Å². The van der Waals surface area contributed by atoms with Gasteiger partial charge in [0.25, 0.3) is 0 Å². The molecule has 0 aliphatic carbocycles. The fraction of sp³-hybridized carbons (Fsp3) is 1.00. The van der Waals surface area contributed by atoms with Crippen molar-refractivity contribution >= 4 is 0 Å². The van der Waals surface area contributed by atoms with Crippen LogP contribution in [0.15, 0.2) is 0 Å². The number of hydrogen-bond donors (Lipinski definition) is 1. The van der Waals surface area contributed by atoms with Crippen LogP contribution < -0.4 is 5.32 Å². The molecule has 0 atom stereocenters. The molecule has 0 saturated carbocycles. The average molecular weight is 104 g/mol. The third kappa shape index (κ3) is 1.45. The summed E-state index contributed by atoms with van der Waals surface area (Å²) in [5.41, 5.74) is 0. The van der Waals surface area contributed by atoms with E-state index in [-0.39, 0.29) is 0 Å². The van der Waals surface area contributed by atoms with E-state index >= 15 is 0 Å². The maximum Gasteiger partial charge on any atom is 0.0444 e. The van der Waals surface area contributed by atoms with Gasteiger partial charge in [0.15, 0.2) is 0 Å². The van der Waals surface area contributed by atoms with Gasteiger partial charge < -0.3 is 10.2 Å². The van der Waals surface area contributed by atoms with Gasteiger partial charge in [0.05, 0.1) is 0 Å². The Morgan fingerprint density at radius 2 is 2.71 bits per heavy atom. The molecule has 42 valence electrons. The van der Waals surface area contributed by atoms with E-state index in [0.717, 1.165) is 0 Å². The molecule has 1 rings (SSSR count). The predicted octanol–water partition coefficient (Wildman–Crippen LogP) is -0.479. The Kier molecular flexibility index (Phi) is 0.664. The van der Waals surface area contributed by atoms with E-state index in [1.165, 1.54) is 4.90 Å². The highest BCUT2D eigenvalue weighted by atomic mass is 15.2. The van der Waals surface area contributed by atoms with E-state index in [4.69, 9.17) is 5.48 Å². The van der Waals surface area contributed by atoms with Gasteiger partial charge in [-0.1, -0.05) is 0 Å². The van der Waals surface area contributed by atoms with E-state index in [0.29, 0.717) is 13.1 Å². The van der Waals surface area contributed by atoms with Crippen LogP contribution in [-0.2, 0) is 0 Å². The zero-order valence-electron chi connectivity index (χ0n) is 8.36. The molecule has 1 fully saturated rings. The fourth-order valence-electron chi connectivity index (χ4n) is 0.477. The van der Waals surface area contributed by atoms with E-state index < -0.39 is 13.0 Å². The molecule has 0 bridgehead atoms. The monoisotopic (exact) mass is 104 g/mol. The molecule has 0 radical (unpaired) electrons. The van der Waals surface area contributed by atoms with Crippen LogP contribution in [0.3, 0.4) is 0 Å². The Morgan fingerprint density at radius 3 is 3.29 bits per heavy atom. The minimum absolute atomic E-state index is 0.489. The van der Waals surface area contributed by atoms with E-state index in [9.17, 15) is 0 Å². The van der Waals surface area contributed by atoms with Crippen LogP contribution in [0.5, 0.6) is 0 Å². The Balaban J connectivity index is 2.82. The summed E-state index contributed by atoms with van der Waals surface area (Å²) in [6.45, 7) is -2.83. The van der Waals surface area contributed by atoms with Gasteiger partial charge in [-0.3, -0.25) is 0 Å². The second-order valence-corrected chi connectivity index (χ2v) is 1.59. The summed E-state index contributed by atoms with van der Waals surface area (Å²) in [6.07, 6.45) is 0. The molecule has 0 aromatic rings. The van der Waals surface area contributed by atoms with Crippen LogP contribution >= 0.6 is 0 Å². The van der Waals surface area contributed by atoms with Gasteiger partial charge in [-0.15, -0.1) is 0 Å². The lowest BCUT2D eigenvalue weighted by atomic mass is 10.4. The molecule has 0 aromatic heterocycles. The molecule has 0 unspecified atom stereocenters. The van der Waals surface area contributed by atoms with Crippen molar-refractivity contribution in [1.29, 1.82) is 0 Å². The van der Waals surface area contributed by atoms with E-state index in [1.807, 2.05) is 0 Å². The summed E-state index contributed by atoms with van der Waals surface area (Å²) in [5, 5.41) is 2.50. The first-order valence-corrected chi connectivity index (χ1v) is 2.34. The van der Waals surface area contributed by atoms with Crippen LogP contribution in [0.2, 0.25) is 0 Å². The van der Waals surface area contributed by atoms with Gasteiger partial charge in [0, 0.05) is 31.6 Å². The molecule has 1 aliphatic heterocycles. The Labute approximate surface area is 50.1 Å². The summed E-state index contributed by atoms with van der Waals surface area (Å²) in [5.74, 6) is 0. The molecule has 7 heavy (non-hydrogen) atoms. The molecule has 1 saturated heterocycles. The van der Waals surface area contributed by atoms with Gasteiger partial charge in [0.1, 0.15) is 0 Å². The number of hydrogen-bond acceptors (Lipinski definition) is 2. The maximum atomic E-state index is 7.39. The Morgan fingerprint density at radius 1 is 1.86 bits per heavy atom. The fourth-order valence-corrected chi connectivity index (χ4v) is 0.477. The normalized spacial score (nSPS) is 48.1. The SMILES string of the molecule is [2H]C1([2H])NCCN(C)C1([2H])[2H]. The van der Waals surface area contributed by atoms with Crippen molar-refractivity contribution in [3.63, 3.8) is 0 Å². The number of piperazine rings is 1. The zero-order valence-corrected chi connectivity index (χ0v) is 4.36. The van der Waals surface area contributed by atoms with Crippen LogP contribution in [0, 0.1) is 0 Å². The minimum atomic E-state index is -1.94. The molecular weight excluding hydrogens is 88.1 g/mol. The molecule has 0 aromatic carbocycles. The molecule has 1 aliphatic rings. The van der Waals surface area contributed by atoms with E-state index in [1.54, 1.807) is 7.05 Å². The standard InChI is InChI=1S/C5H12N2/c1-7-4-2-6-3-5-7/h6H,2-5H2,1H3/i2D2,4D2. The number of nitrogens with one attached hydrogen (secondary N) is 1. The number of nitrogens with zero attached hydrogens (tertiary/aromatic N) is 1. The van der Waals surface area contributed by atoms with Crippen molar-refractivity contribution in [3.05, 3.63) is 0 Å². The van der Waals surface area contributed by atoms with Crippen molar-refractivity contribution in [3.8, 4) is 0 Å². The van der Waals surface area contributed by atoms with Gasteiger partial charge >= 0.3 is 0 Å². The van der Waals surface area contributed by atoms with Crippen LogP contribution in [0.1, 0.15) is 5.48 Å². The number of rotatable bonds is 0. The molecule has 0 spiro atoms. The maximum absolute atomic E-state index is 7.39. The highest BCUT2D eigenvalue weighted by Gasteiger charge is 2.01. The summed E-state index contributed by atoms with van der Waals surface area (Å²) in [4.78, 5) is 1.38. The lowest BCUT2D eigenvalue weighted by Crippen LogP contribution is -2.40. The summed E-state index contributed by atoms with van der Waals surface area (Å²) < 4.78 is 29.4.